The van der Waals surface area contributed by atoms with Gasteiger partial charge in [0.25, 0.3) is 0 Å². The predicted octanol–water partition coefficient (Wildman–Crippen LogP) is 0.983. The molecule has 0 spiro atoms. The quantitative estimate of drug-likeness (QED) is 0.799. The summed E-state index contributed by atoms with van der Waals surface area (Å²) in [6, 6.07) is 0.230. The summed E-state index contributed by atoms with van der Waals surface area (Å²) in [6.45, 7) is 0.712. The molecule has 106 valence electrons. The minimum absolute atomic E-state index is 0.108. The van der Waals surface area contributed by atoms with E-state index < -0.39 is 5.97 Å². The van der Waals surface area contributed by atoms with Crippen molar-refractivity contribution in [2.45, 2.75) is 63.1 Å². The molecule has 1 aliphatic carbocycles. The second-order valence-electron chi connectivity index (χ2n) is 6.20. The van der Waals surface area contributed by atoms with Crippen LogP contribution in [0.1, 0.15) is 44.9 Å². The summed E-state index contributed by atoms with van der Waals surface area (Å²) < 4.78 is 0. The smallest absolute Gasteiger partial charge is 0.320 e. The van der Waals surface area contributed by atoms with E-state index in [0.29, 0.717) is 24.9 Å². The van der Waals surface area contributed by atoms with Gasteiger partial charge in [-0.05, 0) is 31.6 Å². The van der Waals surface area contributed by atoms with E-state index in [9.17, 15) is 14.7 Å². The minimum Gasteiger partial charge on any atom is -0.480 e. The molecule has 1 amide bonds. The van der Waals surface area contributed by atoms with Crippen LogP contribution in [0.2, 0.25) is 0 Å². The molecule has 0 radical (unpaired) electrons. The number of fused-ring (bicyclic) bond motifs is 1. The SMILES string of the molecule is O=C1CCC(CN2C(C(=O)O)CC3CCCCC32)N1. The van der Waals surface area contributed by atoms with Crippen LogP contribution < -0.4 is 5.32 Å². The summed E-state index contributed by atoms with van der Waals surface area (Å²) in [6.07, 6.45) is 6.96. The zero-order chi connectivity index (χ0) is 13.4. The fourth-order valence-electron chi connectivity index (χ4n) is 4.13. The van der Waals surface area contributed by atoms with E-state index in [1.807, 2.05) is 0 Å². The number of rotatable bonds is 3. The highest BCUT2D eigenvalue weighted by Crippen LogP contribution is 2.40. The third-order valence-electron chi connectivity index (χ3n) is 5.02. The van der Waals surface area contributed by atoms with E-state index >= 15 is 0 Å². The highest BCUT2D eigenvalue weighted by atomic mass is 16.4. The highest BCUT2D eigenvalue weighted by Gasteiger charge is 2.46. The van der Waals surface area contributed by atoms with Crippen LogP contribution in [0.4, 0.5) is 0 Å². The van der Waals surface area contributed by atoms with Crippen molar-refractivity contribution in [1.82, 2.24) is 10.2 Å². The Hall–Kier alpha value is -1.10. The van der Waals surface area contributed by atoms with Crippen LogP contribution in [0.15, 0.2) is 0 Å². The van der Waals surface area contributed by atoms with Gasteiger partial charge in [-0.2, -0.15) is 0 Å². The van der Waals surface area contributed by atoms with Crippen LogP contribution in [0.25, 0.3) is 0 Å². The Balaban J connectivity index is 1.71. The monoisotopic (exact) mass is 266 g/mol. The highest BCUT2D eigenvalue weighted by molar-refractivity contribution is 5.78. The number of hydrogen-bond donors (Lipinski definition) is 2. The van der Waals surface area contributed by atoms with E-state index in [1.165, 1.54) is 19.3 Å². The molecule has 0 bridgehead atoms. The van der Waals surface area contributed by atoms with Crippen LogP contribution in [0.3, 0.4) is 0 Å². The molecule has 2 saturated heterocycles. The molecule has 1 saturated carbocycles. The van der Waals surface area contributed by atoms with Crippen LogP contribution in [-0.2, 0) is 9.59 Å². The normalized spacial score (nSPS) is 39.1. The molecule has 19 heavy (non-hydrogen) atoms. The van der Waals surface area contributed by atoms with Crippen molar-refractivity contribution in [2.24, 2.45) is 5.92 Å². The molecule has 0 aromatic rings. The molecule has 0 aromatic carbocycles. The summed E-state index contributed by atoms with van der Waals surface area (Å²) in [5.74, 6) is -0.0399. The van der Waals surface area contributed by atoms with Crippen molar-refractivity contribution in [1.29, 1.82) is 0 Å². The maximum absolute atomic E-state index is 11.5. The Morgan fingerprint density at radius 1 is 1.32 bits per heavy atom. The average Bonchev–Trinajstić information content (AvgIpc) is 2.95. The largest absolute Gasteiger partial charge is 0.480 e. The van der Waals surface area contributed by atoms with E-state index in [4.69, 9.17) is 0 Å². The molecule has 2 heterocycles. The van der Waals surface area contributed by atoms with Gasteiger partial charge in [0.1, 0.15) is 6.04 Å². The van der Waals surface area contributed by atoms with Gasteiger partial charge in [0, 0.05) is 25.0 Å². The standard InChI is InChI=1S/C14H22N2O3/c17-13-6-5-10(15-13)8-16-11-4-2-1-3-9(11)7-12(16)14(18)19/h9-12H,1-8H2,(H,15,17)(H,18,19). The van der Waals surface area contributed by atoms with Gasteiger partial charge in [-0.3, -0.25) is 14.5 Å². The van der Waals surface area contributed by atoms with Gasteiger partial charge in [0.2, 0.25) is 5.91 Å². The summed E-state index contributed by atoms with van der Waals surface area (Å²) in [5.41, 5.74) is 0. The molecule has 3 rings (SSSR count). The summed E-state index contributed by atoms with van der Waals surface area (Å²) in [4.78, 5) is 24.9. The Morgan fingerprint density at radius 3 is 2.79 bits per heavy atom. The molecule has 3 fully saturated rings. The summed E-state index contributed by atoms with van der Waals surface area (Å²) >= 11 is 0. The number of nitrogens with one attached hydrogen (secondary N) is 1. The molecule has 5 heteroatoms. The molecule has 5 nitrogen and oxygen atoms in total. The maximum atomic E-state index is 11.5. The maximum Gasteiger partial charge on any atom is 0.320 e. The van der Waals surface area contributed by atoms with E-state index in [1.54, 1.807) is 0 Å². The first kappa shape index (κ1) is 12.9. The molecule has 4 atom stereocenters. The predicted molar refractivity (Wildman–Crippen MR) is 69.7 cm³/mol. The number of carboxylic acid groups (broad SMARTS) is 1. The summed E-state index contributed by atoms with van der Waals surface area (Å²) in [5, 5.41) is 12.4. The van der Waals surface area contributed by atoms with Crippen molar-refractivity contribution >= 4 is 11.9 Å². The second kappa shape index (κ2) is 5.12. The Bertz CT molecular complexity index is 385. The van der Waals surface area contributed by atoms with Crippen LogP contribution in [0, 0.1) is 5.92 Å². The molecular weight excluding hydrogens is 244 g/mol. The van der Waals surface area contributed by atoms with Gasteiger partial charge in [0.05, 0.1) is 0 Å². The number of amides is 1. The van der Waals surface area contributed by atoms with Gasteiger partial charge in [-0.1, -0.05) is 12.8 Å². The second-order valence-corrected chi connectivity index (χ2v) is 6.20. The van der Waals surface area contributed by atoms with Gasteiger partial charge < -0.3 is 10.4 Å². The lowest BCUT2D eigenvalue weighted by atomic mass is 9.84. The molecule has 3 aliphatic rings. The lowest BCUT2D eigenvalue weighted by Crippen LogP contribution is -2.48. The van der Waals surface area contributed by atoms with Crippen molar-refractivity contribution in [3.05, 3.63) is 0 Å². The zero-order valence-electron chi connectivity index (χ0n) is 11.2. The van der Waals surface area contributed by atoms with E-state index in [0.717, 1.165) is 19.3 Å². The molecule has 2 N–H and O–H groups in total. The molecular formula is C14H22N2O3. The number of nitrogens with zero attached hydrogens (tertiary/aromatic N) is 1. The van der Waals surface area contributed by atoms with Crippen molar-refractivity contribution in [3.8, 4) is 0 Å². The Morgan fingerprint density at radius 2 is 2.11 bits per heavy atom. The number of likely N-dealkylation sites (tertiary alicyclic amines) is 1. The first-order valence-corrected chi connectivity index (χ1v) is 7.43. The fourth-order valence-corrected chi connectivity index (χ4v) is 4.13. The zero-order valence-corrected chi connectivity index (χ0v) is 11.2. The van der Waals surface area contributed by atoms with E-state index in [-0.39, 0.29) is 18.0 Å². The third-order valence-corrected chi connectivity index (χ3v) is 5.02. The van der Waals surface area contributed by atoms with Gasteiger partial charge in [-0.15, -0.1) is 0 Å². The van der Waals surface area contributed by atoms with Crippen LogP contribution in [-0.4, -0.2) is 46.6 Å². The number of hydrogen-bond acceptors (Lipinski definition) is 3. The number of carbonyl (C=O) groups is 2. The molecule has 0 aromatic heterocycles. The van der Waals surface area contributed by atoms with Crippen molar-refractivity contribution in [2.75, 3.05) is 6.54 Å². The lowest BCUT2D eigenvalue weighted by Gasteiger charge is -2.34. The lowest BCUT2D eigenvalue weighted by molar-refractivity contribution is -0.142. The third kappa shape index (κ3) is 2.48. The number of aliphatic carboxylic acids is 1. The number of carbonyl (C=O) groups excluding carboxylic acids is 1. The molecule has 2 aliphatic heterocycles. The Kier molecular flexibility index (Phi) is 3.48. The van der Waals surface area contributed by atoms with Crippen LogP contribution in [0.5, 0.6) is 0 Å². The van der Waals surface area contributed by atoms with Crippen molar-refractivity contribution in [3.63, 3.8) is 0 Å². The molecule has 4 unspecified atom stereocenters. The first-order valence-electron chi connectivity index (χ1n) is 7.43. The van der Waals surface area contributed by atoms with E-state index in [2.05, 4.69) is 10.2 Å². The Labute approximate surface area is 113 Å². The van der Waals surface area contributed by atoms with Crippen molar-refractivity contribution < 1.29 is 14.7 Å². The fraction of sp³-hybridized carbons (Fsp3) is 0.857. The minimum atomic E-state index is -0.696. The van der Waals surface area contributed by atoms with Gasteiger partial charge in [-0.25, -0.2) is 0 Å². The average molecular weight is 266 g/mol. The summed E-state index contributed by atoms with van der Waals surface area (Å²) in [7, 11) is 0. The van der Waals surface area contributed by atoms with Gasteiger partial charge in [0.15, 0.2) is 0 Å². The van der Waals surface area contributed by atoms with Crippen LogP contribution >= 0.6 is 0 Å². The number of carboxylic acids is 1. The first-order chi connectivity index (χ1) is 9.15. The topological polar surface area (TPSA) is 69.6 Å². The van der Waals surface area contributed by atoms with Gasteiger partial charge >= 0.3 is 5.97 Å².